The first kappa shape index (κ1) is 25.5. The molecule has 0 spiro atoms. The molecule has 4 heterocycles. The molecule has 4 unspecified atom stereocenters. The Hall–Kier alpha value is -3.15. The average molecular weight is 528 g/mol. The number of aliphatic hydroxyl groups is 1. The third kappa shape index (κ3) is 4.67. The van der Waals surface area contributed by atoms with Crippen molar-refractivity contribution in [2.75, 3.05) is 13.6 Å². The summed E-state index contributed by atoms with van der Waals surface area (Å²) in [6.07, 6.45) is 2.90. The fourth-order valence-electron chi connectivity index (χ4n) is 5.51. The van der Waals surface area contributed by atoms with E-state index in [9.17, 15) is 24.2 Å². The van der Waals surface area contributed by atoms with Gasteiger partial charge in [-0.25, -0.2) is 4.39 Å². The van der Waals surface area contributed by atoms with Gasteiger partial charge in [0.2, 0.25) is 5.43 Å². The van der Waals surface area contributed by atoms with Crippen LogP contribution in [0.5, 0.6) is 5.75 Å². The lowest BCUT2D eigenvalue weighted by Crippen LogP contribution is -2.56. The number of likely N-dealkylation sites (tertiary alicyclic amines) is 1. The summed E-state index contributed by atoms with van der Waals surface area (Å²) in [4.78, 5) is 30.2. The molecule has 2 N–H and O–H groups in total. The van der Waals surface area contributed by atoms with Crippen molar-refractivity contribution in [1.82, 2.24) is 24.6 Å². The minimum Gasteiger partial charge on any atom is -0.503 e. The molecule has 2 aliphatic heterocycles. The van der Waals surface area contributed by atoms with Gasteiger partial charge >= 0.3 is 0 Å². The lowest BCUT2D eigenvalue weighted by molar-refractivity contribution is -0.0614. The van der Waals surface area contributed by atoms with E-state index in [2.05, 4.69) is 15.1 Å². The topological polar surface area (TPSA) is 112 Å². The van der Waals surface area contributed by atoms with E-state index in [1.54, 1.807) is 16.7 Å². The largest absolute Gasteiger partial charge is 0.503 e. The maximum Gasteiger partial charge on any atom is 0.276 e. The van der Waals surface area contributed by atoms with Crippen LogP contribution in [-0.4, -0.2) is 72.6 Å². The van der Waals surface area contributed by atoms with E-state index >= 15 is 0 Å². The van der Waals surface area contributed by atoms with E-state index in [0.29, 0.717) is 23.0 Å². The van der Waals surface area contributed by atoms with Crippen molar-refractivity contribution in [3.05, 3.63) is 62.8 Å². The summed E-state index contributed by atoms with van der Waals surface area (Å²) in [7, 11) is 2.02. The van der Waals surface area contributed by atoms with Gasteiger partial charge in [-0.15, -0.1) is 10.2 Å². The summed E-state index contributed by atoms with van der Waals surface area (Å²) in [5, 5.41) is 31.3. The van der Waals surface area contributed by atoms with Gasteiger partial charge in [-0.1, -0.05) is 30.4 Å². The molecule has 5 rings (SSSR count). The zero-order valence-corrected chi connectivity index (χ0v) is 21.8. The SMILES string of the molecule is CC(C1CCCN1C)C(O)N1C(=O)c2c(O)c(=O)c(-c3nnc(Cc4ccc(F)cc4)s3)cn2CC1C. The minimum absolute atomic E-state index is 0.131. The van der Waals surface area contributed by atoms with Gasteiger partial charge in [-0.3, -0.25) is 9.59 Å². The highest BCUT2D eigenvalue weighted by atomic mass is 32.1. The number of aromatic nitrogens is 3. The van der Waals surface area contributed by atoms with E-state index in [-0.39, 0.29) is 35.1 Å². The zero-order valence-electron chi connectivity index (χ0n) is 21.0. The Bertz CT molecular complexity index is 1370. The van der Waals surface area contributed by atoms with E-state index in [1.807, 2.05) is 20.9 Å². The van der Waals surface area contributed by atoms with Crippen LogP contribution in [0, 0.1) is 11.7 Å². The maximum absolute atomic E-state index is 13.5. The average Bonchev–Trinajstić information content (AvgIpc) is 3.50. The fourth-order valence-corrected chi connectivity index (χ4v) is 6.39. The van der Waals surface area contributed by atoms with Crippen LogP contribution in [0.25, 0.3) is 10.6 Å². The lowest BCUT2D eigenvalue weighted by atomic mass is 9.95. The molecule has 4 atom stereocenters. The highest BCUT2D eigenvalue weighted by molar-refractivity contribution is 7.14. The lowest BCUT2D eigenvalue weighted by Gasteiger charge is -2.42. The Balaban J connectivity index is 1.43. The quantitative estimate of drug-likeness (QED) is 0.507. The summed E-state index contributed by atoms with van der Waals surface area (Å²) >= 11 is 1.20. The number of aromatic hydroxyl groups is 1. The van der Waals surface area contributed by atoms with Gasteiger partial charge in [-0.05, 0) is 51.1 Å². The van der Waals surface area contributed by atoms with E-state index < -0.39 is 23.3 Å². The van der Waals surface area contributed by atoms with E-state index in [1.165, 1.54) is 34.6 Å². The van der Waals surface area contributed by atoms with Crippen LogP contribution in [0.4, 0.5) is 4.39 Å². The monoisotopic (exact) mass is 527 g/mol. The number of pyridine rings is 1. The number of halogens is 1. The first-order valence-corrected chi connectivity index (χ1v) is 13.2. The van der Waals surface area contributed by atoms with Crippen molar-refractivity contribution in [3.63, 3.8) is 0 Å². The zero-order chi connectivity index (χ0) is 26.4. The molecule has 196 valence electrons. The Morgan fingerprint density at radius 2 is 1.95 bits per heavy atom. The molecule has 2 aliphatic rings. The van der Waals surface area contributed by atoms with Crippen LogP contribution in [0.3, 0.4) is 0 Å². The molecule has 1 amide bonds. The summed E-state index contributed by atoms with van der Waals surface area (Å²) in [5.41, 5.74) is 0.162. The molecule has 1 aromatic carbocycles. The first-order chi connectivity index (χ1) is 17.7. The Kier molecular flexibility index (Phi) is 6.86. The van der Waals surface area contributed by atoms with Gasteiger partial charge < -0.3 is 24.6 Å². The maximum atomic E-state index is 13.5. The number of amides is 1. The fraction of sp³-hybridized carbons (Fsp3) is 0.462. The summed E-state index contributed by atoms with van der Waals surface area (Å²) in [6, 6.07) is 5.86. The van der Waals surface area contributed by atoms with Gasteiger partial charge in [0.25, 0.3) is 5.91 Å². The number of rotatable bonds is 6. The van der Waals surface area contributed by atoms with Crippen LogP contribution >= 0.6 is 11.3 Å². The second kappa shape index (κ2) is 9.96. The molecular formula is C26H30FN5O4S. The minimum atomic E-state index is -1.05. The van der Waals surface area contributed by atoms with Gasteiger partial charge in [0.05, 0.1) is 5.56 Å². The molecule has 11 heteroatoms. The normalized spacial score (nSPS) is 21.8. The third-order valence-electron chi connectivity index (χ3n) is 7.53. The molecular weight excluding hydrogens is 497 g/mol. The second-order valence-corrected chi connectivity index (χ2v) is 11.1. The number of nitrogens with zero attached hydrogens (tertiary/aromatic N) is 5. The number of hydrogen-bond donors (Lipinski definition) is 2. The second-order valence-electron chi connectivity index (χ2n) is 10.1. The number of benzene rings is 1. The molecule has 0 saturated carbocycles. The van der Waals surface area contributed by atoms with Crippen molar-refractivity contribution >= 4 is 17.2 Å². The molecule has 2 aromatic heterocycles. The number of hydrogen-bond acceptors (Lipinski definition) is 8. The van der Waals surface area contributed by atoms with Crippen molar-refractivity contribution in [3.8, 4) is 16.3 Å². The van der Waals surface area contributed by atoms with Crippen LogP contribution in [-0.2, 0) is 13.0 Å². The Labute approximate surface area is 217 Å². The van der Waals surface area contributed by atoms with E-state index in [4.69, 9.17) is 0 Å². The Morgan fingerprint density at radius 1 is 1.22 bits per heavy atom. The van der Waals surface area contributed by atoms with Crippen LogP contribution in [0.1, 0.15) is 47.7 Å². The van der Waals surface area contributed by atoms with Gasteiger partial charge in [0, 0.05) is 37.2 Å². The number of carbonyl (C=O) groups excluding carboxylic acids is 1. The Morgan fingerprint density at radius 3 is 2.62 bits per heavy atom. The summed E-state index contributed by atoms with van der Waals surface area (Å²) in [5.74, 6) is -1.75. The molecule has 1 fully saturated rings. The highest BCUT2D eigenvalue weighted by Crippen LogP contribution is 2.32. The number of aliphatic hydroxyl groups excluding tert-OH is 1. The first-order valence-electron chi connectivity index (χ1n) is 12.4. The van der Waals surface area contributed by atoms with Crippen molar-refractivity contribution in [2.45, 2.75) is 58.0 Å². The predicted molar refractivity (Wildman–Crippen MR) is 137 cm³/mol. The number of carbonyl (C=O) groups is 1. The summed E-state index contributed by atoms with van der Waals surface area (Å²) in [6.45, 7) is 5.02. The molecule has 0 bridgehead atoms. The summed E-state index contributed by atoms with van der Waals surface area (Å²) < 4.78 is 14.8. The standard InChI is InChI=1S/C26H30FN5O4S/c1-14-12-31-13-18(24-29-28-20(37-24)11-16-6-8-17(27)9-7-16)22(33)23(34)21(31)26(36)32(14)25(35)15(2)19-5-4-10-30(19)3/h6-9,13-15,19,25,34-35H,4-5,10-12H2,1-3H3. The molecule has 0 radical (unpaired) electrons. The van der Waals surface area contributed by atoms with Crippen molar-refractivity contribution in [1.29, 1.82) is 0 Å². The molecule has 3 aromatic rings. The van der Waals surface area contributed by atoms with Crippen LogP contribution in [0.15, 0.2) is 35.3 Å². The van der Waals surface area contributed by atoms with Crippen molar-refractivity contribution < 1.29 is 19.4 Å². The molecule has 9 nitrogen and oxygen atoms in total. The van der Waals surface area contributed by atoms with Crippen molar-refractivity contribution in [2.24, 2.45) is 5.92 Å². The number of fused-ring (bicyclic) bond motifs is 1. The van der Waals surface area contributed by atoms with Crippen LogP contribution < -0.4 is 5.43 Å². The molecule has 1 saturated heterocycles. The highest BCUT2D eigenvalue weighted by Gasteiger charge is 2.42. The third-order valence-corrected chi connectivity index (χ3v) is 8.49. The predicted octanol–water partition coefficient (Wildman–Crippen LogP) is 2.70. The van der Waals surface area contributed by atoms with E-state index in [0.717, 1.165) is 24.9 Å². The van der Waals surface area contributed by atoms with Gasteiger partial charge in [0.1, 0.15) is 17.1 Å². The van der Waals surface area contributed by atoms with Crippen LogP contribution in [0.2, 0.25) is 0 Å². The molecule has 0 aliphatic carbocycles. The molecule has 37 heavy (non-hydrogen) atoms. The smallest absolute Gasteiger partial charge is 0.276 e. The van der Waals surface area contributed by atoms with Gasteiger partial charge in [-0.2, -0.15) is 0 Å². The van der Waals surface area contributed by atoms with Gasteiger partial charge in [0.15, 0.2) is 16.5 Å².